The predicted octanol–water partition coefficient (Wildman–Crippen LogP) is 1.97. The van der Waals surface area contributed by atoms with Crippen LogP contribution in [-0.4, -0.2) is 36.7 Å². The highest BCUT2D eigenvalue weighted by molar-refractivity contribution is 5.82. The summed E-state index contributed by atoms with van der Waals surface area (Å²) < 4.78 is 12.4. The van der Waals surface area contributed by atoms with Gasteiger partial charge in [0.25, 0.3) is 0 Å². The van der Waals surface area contributed by atoms with E-state index >= 15 is 0 Å². The van der Waals surface area contributed by atoms with Crippen LogP contribution < -0.4 is 5.43 Å². The molecule has 0 unspecified atom stereocenters. The lowest BCUT2D eigenvalue weighted by molar-refractivity contribution is 0.0962. The van der Waals surface area contributed by atoms with Gasteiger partial charge in [0.2, 0.25) is 0 Å². The fourth-order valence-corrected chi connectivity index (χ4v) is 2.43. The van der Waals surface area contributed by atoms with Crippen LogP contribution in [0.5, 0.6) is 0 Å². The van der Waals surface area contributed by atoms with Gasteiger partial charge in [-0.3, -0.25) is 0 Å². The number of hydrazone groups is 1. The lowest BCUT2D eigenvalue weighted by Crippen LogP contribution is -2.17. The lowest BCUT2D eigenvalue weighted by atomic mass is 10.2. The number of aryl methyl sites for hydroxylation is 1. The Morgan fingerprint density at radius 3 is 3.10 bits per heavy atom. The topological polar surface area (TPSA) is 64.8 Å². The molecule has 0 radical (unpaired) electrons. The summed E-state index contributed by atoms with van der Waals surface area (Å²) in [7, 11) is 1.30. The Kier molecular flexibility index (Phi) is 4.79. The van der Waals surface area contributed by atoms with E-state index in [-0.39, 0.29) is 0 Å². The number of carbonyl (C=O) groups excluding carboxylic acids is 1. The Hall–Kier alpha value is -1.82. The molecular formula is C14H21N3O3. The number of aromatic nitrogens is 1. The third-order valence-corrected chi connectivity index (χ3v) is 3.57. The third-order valence-electron chi connectivity index (χ3n) is 3.57. The minimum Gasteiger partial charge on any atom is -0.452 e. The first-order valence-electron chi connectivity index (χ1n) is 6.77. The normalized spacial score (nSPS) is 18.6. The van der Waals surface area contributed by atoms with E-state index in [1.807, 2.05) is 13.0 Å². The lowest BCUT2D eigenvalue weighted by Gasteiger charge is -2.14. The average molecular weight is 279 g/mol. The van der Waals surface area contributed by atoms with E-state index in [2.05, 4.69) is 26.8 Å². The minimum atomic E-state index is -0.575. The van der Waals surface area contributed by atoms with Crippen LogP contribution >= 0.6 is 0 Å². The summed E-state index contributed by atoms with van der Waals surface area (Å²) in [6, 6.07) is 2.05. The number of hydrogen-bond acceptors (Lipinski definition) is 4. The summed E-state index contributed by atoms with van der Waals surface area (Å²) in [4.78, 5) is 10.9. The van der Waals surface area contributed by atoms with Crippen molar-refractivity contribution in [3.8, 4) is 0 Å². The molecule has 2 rings (SSSR count). The van der Waals surface area contributed by atoms with Crippen molar-refractivity contribution < 1.29 is 14.3 Å². The monoisotopic (exact) mass is 279 g/mol. The van der Waals surface area contributed by atoms with Crippen molar-refractivity contribution >= 4 is 12.3 Å². The summed E-state index contributed by atoms with van der Waals surface area (Å²) in [6.07, 6.45) is 3.61. The summed E-state index contributed by atoms with van der Waals surface area (Å²) in [5.74, 6) is 0. The van der Waals surface area contributed by atoms with Crippen molar-refractivity contribution in [1.29, 1.82) is 0 Å². The SMILES string of the molecule is COC(=O)N/N=C\c1cc(C)n(C[C@@H]2CCCO2)c1C. The molecule has 1 aromatic rings. The molecule has 1 amide bonds. The second kappa shape index (κ2) is 6.56. The zero-order valence-electron chi connectivity index (χ0n) is 12.2. The molecule has 0 aromatic carbocycles. The zero-order valence-corrected chi connectivity index (χ0v) is 12.2. The Balaban J connectivity index is 2.05. The molecule has 1 fully saturated rings. The molecule has 1 atom stereocenters. The maximum absolute atomic E-state index is 10.9. The molecule has 0 bridgehead atoms. The smallest absolute Gasteiger partial charge is 0.427 e. The van der Waals surface area contributed by atoms with Crippen LogP contribution in [0, 0.1) is 13.8 Å². The van der Waals surface area contributed by atoms with Crippen LogP contribution in [0.1, 0.15) is 29.8 Å². The summed E-state index contributed by atoms with van der Waals surface area (Å²) in [6.45, 7) is 5.84. The molecule has 1 saturated heterocycles. The molecule has 1 aromatic heterocycles. The van der Waals surface area contributed by atoms with Crippen molar-refractivity contribution in [2.24, 2.45) is 5.10 Å². The van der Waals surface area contributed by atoms with E-state index in [9.17, 15) is 4.79 Å². The maximum atomic E-state index is 10.9. The van der Waals surface area contributed by atoms with E-state index in [4.69, 9.17) is 4.74 Å². The van der Waals surface area contributed by atoms with Crippen LogP contribution in [0.25, 0.3) is 0 Å². The molecule has 1 aliphatic heterocycles. The summed E-state index contributed by atoms with van der Waals surface area (Å²) >= 11 is 0. The highest BCUT2D eigenvalue weighted by atomic mass is 16.5. The second-order valence-electron chi connectivity index (χ2n) is 4.93. The standard InChI is InChI=1S/C14H21N3O3/c1-10-7-12(8-15-16-14(18)19-3)11(2)17(10)9-13-5-4-6-20-13/h7-8,13H,4-6,9H2,1-3H3,(H,16,18)/b15-8-/t13-/m0/s1. The summed E-state index contributed by atoms with van der Waals surface area (Å²) in [5, 5.41) is 3.87. The third kappa shape index (κ3) is 3.39. The number of ether oxygens (including phenoxy) is 2. The van der Waals surface area contributed by atoms with Gasteiger partial charge in [-0.25, -0.2) is 10.2 Å². The van der Waals surface area contributed by atoms with Gasteiger partial charge in [0, 0.05) is 30.1 Å². The van der Waals surface area contributed by atoms with E-state index < -0.39 is 6.09 Å². The molecule has 1 N–H and O–H groups in total. The quantitative estimate of drug-likeness (QED) is 0.677. The van der Waals surface area contributed by atoms with Gasteiger partial charge >= 0.3 is 6.09 Å². The number of hydrogen-bond donors (Lipinski definition) is 1. The first-order valence-corrected chi connectivity index (χ1v) is 6.77. The molecule has 0 spiro atoms. The molecule has 2 heterocycles. The Labute approximate surface area is 118 Å². The number of nitrogens with one attached hydrogen (secondary N) is 1. The predicted molar refractivity (Wildman–Crippen MR) is 76.0 cm³/mol. The van der Waals surface area contributed by atoms with Gasteiger partial charge in [-0.2, -0.15) is 5.10 Å². The highest BCUT2D eigenvalue weighted by Crippen LogP contribution is 2.19. The molecule has 6 heteroatoms. The van der Waals surface area contributed by atoms with Crippen molar-refractivity contribution in [1.82, 2.24) is 9.99 Å². The van der Waals surface area contributed by atoms with Crippen molar-refractivity contribution in [3.05, 3.63) is 23.0 Å². The zero-order chi connectivity index (χ0) is 14.5. The first kappa shape index (κ1) is 14.6. The van der Waals surface area contributed by atoms with E-state index in [1.165, 1.54) is 7.11 Å². The largest absolute Gasteiger partial charge is 0.452 e. The number of nitrogens with zero attached hydrogens (tertiary/aromatic N) is 2. The van der Waals surface area contributed by atoms with Crippen LogP contribution in [-0.2, 0) is 16.0 Å². The number of rotatable bonds is 4. The van der Waals surface area contributed by atoms with Crippen molar-refractivity contribution in [2.75, 3.05) is 13.7 Å². The van der Waals surface area contributed by atoms with Gasteiger partial charge in [-0.1, -0.05) is 0 Å². The van der Waals surface area contributed by atoms with Crippen LogP contribution in [0.2, 0.25) is 0 Å². The van der Waals surface area contributed by atoms with Crippen LogP contribution in [0.4, 0.5) is 4.79 Å². The molecule has 110 valence electrons. The van der Waals surface area contributed by atoms with E-state index in [0.717, 1.165) is 42.9 Å². The van der Waals surface area contributed by atoms with Gasteiger partial charge in [0.05, 0.1) is 19.4 Å². The van der Waals surface area contributed by atoms with Crippen molar-refractivity contribution in [2.45, 2.75) is 39.3 Å². The van der Waals surface area contributed by atoms with Gasteiger partial charge in [0.15, 0.2) is 0 Å². The van der Waals surface area contributed by atoms with Gasteiger partial charge in [0.1, 0.15) is 0 Å². The summed E-state index contributed by atoms with van der Waals surface area (Å²) in [5.41, 5.74) is 5.55. The van der Waals surface area contributed by atoms with Gasteiger partial charge in [-0.15, -0.1) is 0 Å². The fraction of sp³-hybridized carbons (Fsp3) is 0.571. The number of amides is 1. The molecule has 0 aliphatic carbocycles. The van der Waals surface area contributed by atoms with Gasteiger partial charge in [-0.05, 0) is 32.8 Å². The van der Waals surface area contributed by atoms with E-state index in [0.29, 0.717) is 6.10 Å². The van der Waals surface area contributed by atoms with E-state index in [1.54, 1.807) is 6.21 Å². The molecular weight excluding hydrogens is 258 g/mol. The van der Waals surface area contributed by atoms with Crippen LogP contribution in [0.15, 0.2) is 11.2 Å². The Morgan fingerprint density at radius 2 is 2.45 bits per heavy atom. The number of methoxy groups -OCH3 is 1. The highest BCUT2D eigenvalue weighted by Gasteiger charge is 2.18. The molecule has 0 saturated carbocycles. The Morgan fingerprint density at radius 1 is 1.65 bits per heavy atom. The minimum absolute atomic E-state index is 0.304. The maximum Gasteiger partial charge on any atom is 0.427 e. The van der Waals surface area contributed by atoms with Crippen molar-refractivity contribution in [3.63, 3.8) is 0 Å². The molecule has 20 heavy (non-hydrogen) atoms. The Bertz CT molecular complexity index is 502. The average Bonchev–Trinajstić information content (AvgIpc) is 3.03. The van der Waals surface area contributed by atoms with Crippen LogP contribution in [0.3, 0.4) is 0 Å². The molecule has 1 aliphatic rings. The first-order chi connectivity index (χ1) is 9.61. The number of carbonyl (C=O) groups is 1. The molecule has 6 nitrogen and oxygen atoms in total. The van der Waals surface area contributed by atoms with Gasteiger partial charge < -0.3 is 14.0 Å². The fourth-order valence-electron chi connectivity index (χ4n) is 2.43. The second-order valence-corrected chi connectivity index (χ2v) is 4.93.